The predicted octanol–water partition coefficient (Wildman–Crippen LogP) is 27.2. The average Bonchev–Trinajstić information content (AvgIpc) is 3.55. The highest BCUT2D eigenvalue weighted by molar-refractivity contribution is 5.70. The van der Waals surface area contributed by atoms with E-state index in [0.29, 0.717) is 12.8 Å². The molecule has 0 aromatic carbocycles. The number of hydrogen-bond donors (Lipinski definition) is 1. The minimum atomic E-state index is -0.771. The molecule has 5 nitrogen and oxygen atoms in total. The van der Waals surface area contributed by atoms with E-state index in [9.17, 15) is 14.7 Å². The van der Waals surface area contributed by atoms with Crippen LogP contribution in [0.15, 0.2) is 60.8 Å². The normalized spacial score (nSPS) is 12.5. The molecular formula is C81H150O5. The van der Waals surface area contributed by atoms with Gasteiger partial charge in [0.05, 0.1) is 6.61 Å². The first-order valence-electron chi connectivity index (χ1n) is 38.8. The van der Waals surface area contributed by atoms with Gasteiger partial charge in [-0.05, 0) is 77.0 Å². The Bertz CT molecular complexity index is 1460. The van der Waals surface area contributed by atoms with Crippen LogP contribution in [0.25, 0.3) is 0 Å². The van der Waals surface area contributed by atoms with E-state index < -0.39 is 6.10 Å². The van der Waals surface area contributed by atoms with Crippen LogP contribution in [0.2, 0.25) is 0 Å². The third-order valence-electron chi connectivity index (χ3n) is 17.8. The van der Waals surface area contributed by atoms with Gasteiger partial charge in [-0.3, -0.25) is 9.59 Å². The van der Waals surface area contributed by atoms with Crippen LogP contribution in [0.1, 0.15) is 425 Å². The third kappa shape index (κ3) is 74.1. The molecule has 1 atom stereocenters. The summed E-state index contributed by atoms with van der Waals surface area (Å²) in [6, 6.07) is 0. The first kappa shape index (κ1) is 83.6. The van der Waals surface area contributed by atoms with Crippen molar-refractivity contribution in [2.24, 2.45) is 0 Å². The highest BCUT2D eigenvalue weighted by Gasteiger charge is 2.16. The fourth-order valence-corrected chi connectivity index (χ4v) is 12.0. The van der Waals surface area contributed by atoms with Crippen molar-refractivity contribution in [2.45, 2.75) is 431 Å². The smallest absolute Gasteiger partial charge is 0.306 e. The number of allylic oxidation sites excluding steroid dienone is 10. The molecule has 0 fully saturated rings. The van der Waals surface area contributed by atoms with Crippen LogP contribution in [0.5, 0.6) is 0 Å². The molecule has 0 radical (unpaired) electrons. The maximum Gasteiger partial charge on any atom is 0.306 e. The third-order valence-corrected chi connectivity index (χ3v) is 17.8. The number of unbranched alkanes of at least 4 members (excludes halogenated alkanes) is 55. The summed E-state index contributed by atoms with van der Waals surface area (Å²) in [5.41, 5.74) is 0. The number of ether oxygens (including phenoxy) is 2. The lowest BCUT2D eigenvalue weighted by molar-refractivity contribution is -0.161. The van der Waals surface area contributed by atoms with E-state index in [4.69, 9.17) is 9.47 Å². The number of aliphatic hydroxyl groups excluding tert-OH is 1. The van der Waals surface area contributed by atoms with E-state index in [1.807, 2.05) is 0 Å². The molecule has 0 aliphatic heterocycles. The van der Waals surface area contributed by atoms with Crippen LogP contribution >= 0.6 is 0 Å². The van der Waals surface area contributed by atoms with Gasteiger partial charge < -0.3 is 14.6 Å². The molecule has 0 aliphatic rings. The van der Waals surface area contributed by atoms with Gasteiger partial charge in [0.2, 0.25) is 0 Å². The maximum atomic E-state index is 12.4. The summed E-state index contributed by atoms with van der Waals surface area (Å²) in [7, 11) is 0. The quantitative estimate of drug-likeness (QED) is 0.0373. The molecule has 86 heavy (non-hydrogen) atoms. The second kappa shape index (κ2) is 76.8. The summed E-state index contributed by atoms with van der Waals surface area (Å²) in [6.45, 7) is 4.09. The van der Waals surface area contributed by atoms with Gasteiger partial charge in [-0.25, -0.2) is 0 Å². The predicted molar refractivity (Wildman–Crippen MR) is 380 cm³/mol. The molecule has 1 N–H and O–H groups in total. The van der Waals surface area contributed by atoms with Gasteiger partial charge in [0, 0.05) is 12.8 Å². The van der Waals surface area contributed by atoms with E-state index in [0.717, 1.165) is 57.8 Å². The molecule has 0 aromatic rings. The highest BCUT2D eigenvalue weighted by atomic mass is 16.6. The Labute approximate surface area is 538 Å². The lowest BCUT2D eigenvalue weighted by Gasteiger charge is -2.15. The van der Waals surface area contributed by atoms with Crippen molar-refractivity contribution in [3.63, 3.8) is 0 Å². The van der Waals surface area contributed by atoms with E-state index >= 15 is 0 Å². The number of carbonyl (C=O) groups is 2. The van der Waals surface area contributed by atoms with Gasteiger partial charge in [-0.2, -0.15) is 0 Å². The monoisotopic (exact) mass is 1200 g/mol. The molecule has 5 heteroatoms. The SMILES string of the molecule is CC/C=C\C/C=C\C/C=C\C/C=C\CCCCCCCCCCCCCCCCCCCCCCCCCCCCC(=O)OC(CO)COC(=O)CCCCCCCCCCCCCCCCCCCCCCC/C=C\CCCCCCCCCC. The molecule has 0 bridgehead atoms. The minimum absolute atomic E-state index is 0.0592. The van der Waals surface area contributed by atoms with Crippen LogP contribution in [-0.4, -0.2) is 36.4 Å². The van der Waals surface area contributed by atoms with Gasteiger partial charge in [-0.15, -0.1) is 0 Å². The molecule has 1 unspecified atom stereocenters. The molecule has 0 amide bonds. The zero-order valence-electron chi connectivity index (χ0n) is 58.1. The fraction of sp³-hybridized carbons (Fsp3) is 0.852. The van der Waals surface area contributed by atoms with Crippen molar-refractivity contribution < 1.29 is 24.2 Å². The van der Waals surface area contributed by atoms with Gasteiger partial charge in [-0.1, -0.05) is 396 Å². The molecule has 0 saturated carbocycles. The summed E-state index contributed by atoms with van der Waals surface area (Å²) in [6.07, 6.45) is 106. The lowest BCUT2D eigenvalue weighted by atomic mass is 10.0. The van der Waals surface area contributed by atoms with Gasteiger partial charge in [0.15, 0.2) is 6.10 Å². The van der Waals surface area contributed by atoms with Crippen LogP contribution in [0.3, 0.4) is 0 Å². The molecule has 0 saturated heterocycles. The lowest BCUT2D eigenvalue weighted by Crippen LogP contribution is -2.28. The second-order valence-electron chi connectivity index (χ2n) is 26.4. The van der Waals surface area contributed by atoms with Crippen molar-refractivity contribution in [1.82, 2.24) is 0 Å². The van der Waals surface area contributed by atoms with Crippen molar-refractivity contribution in [1.29, 1.82) is 0 Å². The molecule has 0 spiro atoms. The van der Waals surface area contributed by atoms with E-state index in [1.165, 1.54) is 340 Å². The van der Waals surface area contributed by atoms with Crippen LogP contribution < -0.4 is 0 Å². The Morgan fingerprint density at radius 2 is 0.500 bits per heavy atom. The summed E-state index contributed by atoms with van der Waals surface area (Å²) in [5, 5.41) is 9.72. The number of aliphatic hydroxyl groups is 1. The van der Waals surface area contributed by atoms with E-state index in [2.05, 4.69) is 74.6 Å². The molecule has 0 aliphatic carbocycles. The highest BCUT2D eigenvalue weighted by Crippen LogP contribution is 2.20. The van der Waals surface area contributed by atoms with Gasteiger partial charge in [0.25, 0.3) is 0 Å². The second-order valence-corrected chi connectivity index (χ2v) is 26.4. The summed E-state index contributed by atoms with van der Waals surface area (Å²) >= 11 is 0. The first-order valence-corrected chi connectivity index (χ1v) is 38.8. The Morgan fingerprint density at radius 3 is 0.767 bits per heavy atom. The van der Waals surface area contributed by atoms with Gasteiger partial charge in [0.1, 0.15) is 6.61 Å². The molecule has 0 rings (SSSR count). The van der Waals surface area contributed by atoms with Crippen LogP contribution in [-0.2, 0) is 19.1 Å². The number of esters is 2. The Morgan fingerprint density at radius 1 is 0.279 bits per heavy atom. The minimum Gasteiger partial charge on any atom is -0.462 e. The van der Waals surface area contributed by atoms with Crippen molar-refractivity contribution in [3.8, 4) is 0 Å². The standard InChI is InChI=1S/C81H150O5/c1-3-5-7-9-11-13-15-17-19-21-23-25-27-29-31-33-35-37-38-39-40-41-42-44-46-48-50-52-54-56-58-60-62-64-66-68-70-72-74-76-81(84)86-79(77-82)78-85-80(83)75-73-71-69-67-65-63-61-59-57-55-53-51-49-47-45-43-36-34-32-30-28-26-24-22-20-18-16-14-12-10-8-6-4-2/h5,7,11,13,17,19,22-25,79,82H,3-4,6,8-10,12,14-16,18,20-21,26-78H2,1-2H3/b7-5-,13-11-,19-17-,24-22-,25-23-. The Kier molecular flexibility index (Phi) is 74.7. The largest absolute Gasteiger partial charge is 0.462 e. The Hall–Kier alpha value is -2.40. The molecule has 0 aromatic heterocycles. The molecular weight excluding hydrogens is 1050 g/mol. The summed E-state index contributed by atoms with van der Waals surface area (Å²) in [5.74, 6) is -0.564. The summed E-state index contributed by atoms with van der Waals surface area (Å²) in [4.78, 5) is 24.7. The first-order chi connectivity index (χ1) is 42.6. The Balaban J connectivity index is 3.37. The van der Waals surface area contributed by atoms with E-state index in [1.54, 1.807) is 0 Å². The van der Waals surface area contributed by atoms with E-state index in [-0.39, 0.29) is 25.2 Å². The topological polar surface area (TPSA) is 72.8 Å². The number of rotatable bonds is 73. The zero-order valence-corrected chi connectivity index (χ0v) is 58.1. The number of carbonyl (C=O) groups excluding carboxylic acids is 2. The fourth-order valence-electron chi connectivity index (χ4n) is 12.0. The van der Waals surface area contributed by atoms with Crippen molar-refractivity contribution >= 4 is 11.9 Å². The zero-order chi connectivity index (χ0) is 61.9. The van der Waals surface area contributed by atoms with Crippen molar-refractivity contribution in [3.05, 3.63) is 60.8 Å². The van der Waals surface area contributed by atoms with Crippen LogP contribution in [0.4, 0.5) is 0 Å². The van der Waals surface area contributed by atoms with Gasteiger partial charge >= 0.3 is 11.9 Å². The van der Waals surface area contributed by atoms with Crippen molar-refractivity contribution in [2.75, 3.05) is 13.2 Å². The molecule has 0 heterocycles. The average molecular weight is 1200 g/mol. The molecule has 504 valence electrons. The number of hydrogen-bond acceptors (Lipinski definition) is 5. The summed E-state index contributed by atoms with van der Waals surface area (Å²) < 4.78 is 10.8. The van der Waals surface area contributed by atoms with Crippen LogP contribution in [0, 0.1) is 0 Å². The maximum absolute atomic E-state index is 12.4.